The highest BCUT2D eigenvalue weighted by Crippen LogP contribution is 2.28. The highest BCUT2D eigenvalue weighted by Gasteiger charge is 2.11. The van der Waals surface area contributed by atoms with Gasteiger partial charge in [0, 0.05) is 23.3 Å². The second kappa shape index (κ2) is 3.87. The smallest absolute Gasteiger partial charge is 0.288 e. The Kier molecular flexibility index (Phi) is 2.33. The van der Waals surface area contributed by atoms with Gasteiger partial charge in [0.15, 0.2) is 0 Å². The molecule has 0 saturated heterocycles. The summed E-state index contributed by atoms with van der Waals surface area (Å²) < 4.78 is 7.36. The molecule has 5 heteroatoms. The zero-order valence-corrected chi connectivity index (χ0v) is 10.2. The van der Waals surface area contributed by atoms with Crippen LogP contribution in [0.25, 0.3) is 21.8 Å². The first kappa shape index (κ1) is 10.8. The van der Waals surface area contributed by atoms with Crippen molar-refractivity contribution in [3.05, 3.63) is 34.7 Å². The molecule has 0 aliphatic heterocycles. The third-order valence-corrected chi connectivity index (χ3v) is 3.10. The number of benzene rings is 1. The average molecular weight is 243 g/mol. The summed E-state index contributed by atoms with van der Waals surface area (Å²) in [5.41, 5.74) is 1.45. The average Bonchev–Trinajstić information content (AvgIpc) is 2.65. The van der Waals surface area contributed by atoms with Gasteiger partial charge >= 0.3 is 0 Å². The van der Waals surface area contributed by atoms with Crippen LogP contribution in [0, 0.1) is 0 Å². The van der Waals surface area contributed by atoms with E-state index in [0.717, 1.165) is 22.0 Å². The molecule has 0 unspecified atom stereocenters. The number of nitrogens with zero attached hydrogens (tertiary/aromatic N) is 2. The van der Waals surface area contributed by atoms with Crippen LogP contribution in [0.15, 0.2) is 29.2 Å². The molecule has 0 spiro atoms. The molecule has 0 fully saturated rings. The van der Waals surface area contributed by atoms with E-state index in [0.29, 0.717) is 12.1 Å². The molecule has 3 aromatic rings. The van der Waals surface area contributed by atoms with Crippen LogP contribution in [0.2, 0.25) is 0 Å². The maximum Gasteiger partial charge on any atom is 0.288 e. The van der Waals surface area contributed by atoms with E-state index in [4.69, 9.17) is 4.74 Å². The Balaban J connectivity index is 2.45. The van der Waals surface area contributed by atoms with Crippen LogP contribution in [0.5, 0.6) is 5.75 Å². The van der Waals surface area contributed by atoms with Crippen molar-refractivity contribution in [3.63, 3.8) is 0 Å². The Bertz CT molecular complexity index is 786. The molecule has 1 aromatic carbocycles. The molecular weight excluding hydrogens is 230 g/mol. The van der Waals surface area contributed by atoms with Gasteiger partial charge in [-0.1, -0.05) is 0 Å². The maximum absolute atomic E-state index is 11.8. The summed E-state index contributed by atoms with van der Waals surface area (Å²) in [5, 5.41) is 8.15. The van der Waals surface area contributed by atoms with E-state index in [9.17, 15) is 4.79 Å². The molecular formula is C13H13N3O2. The van der Waals surface area contributed by atoms with Crippen LogP contribution in [0.1, 0.15) is 6.92 Å². The van der Waals surface area contributed by atoms with Crippen molar-refractivity contribution in [2.24, 2.45) is 7.05 Å². The second-order valence-electron chi connectivity index (χ2n) is 4.13. The molecule has 0 amide bonds. The first-order valence-electron chi connectivity index (χ1n) is 5.81. The number of hydrogen-bond acceptors (Lipinski definition) is 3. The van der Waals surface area contributed by atoms with Crippen LogP contribution in [-0.2, 0) is 7.05 Å². The molecule has 0 bridgehead atoms. The standard InChI is InChI=1S/C13H13N3O2/c1-3-18-8-4-5-11-9(6-8)10-7-14-15-13(17)12(10)16(11)2/h4-7H,3H2,1-2H3,(H,15,17). The number of fused-ring (bicyclic) bond motifs is 3. The molecule has 0 aliphatic carbocycles. The van der Waals surface area contributed by atoms with Crippen LogP contribution >= 0.6 is 0 Å². The molecule has 0 saturated carbocycles. The zero-order valence-electron chi connectivity index (χ0n) is 10.2. The van der Waals surface area contributed by atoms with Crippen LogP contribution in [0.4, 0.5) is 0 Å². The lowest BCUT2D eigenvalue weighted by Crippen LogP contribution is -2.10. The maximum atomic E-state index is 11.8. The number of ether oxygens (including phenoxy) is 1. The number of hydrogen-bond donors (Lipinski definition) is 1. The van der Waals surface area contributed by atoms with Crippen molar-refractivity contribution in [2.45, 2.75) is 6.92 Å². The van der Waals surface area contributed by atoms with E-state index >= 15 is 0 Å². The summed E-state index contributed by atoms with van der Waals surface area (Å²) in [5.74, 6) is 0.804. The van der Waals surface area contributed by atoms with E-state index in [1.54, 1.807) is 6.20 Å². The Labute approximate surface area is 103 Å². The minimum absolute atomic E-state index is 0.177. The van der Waals surface area contributed by atoms with Gasteiger partial charge in [-0.25, -0.2) is 5.10 Å². The Morgan fingerprint density at radius 1 is 1.39 bits per heavy atom. The van der Waals surface area contributed by atoms with Gasteiger partial charge in [-0.2, -0.15) is 5.10 Å². The third-order valence-electron chi connectivity index (χ3n) is 3.10. The van der Waals surface area contributed by atoms with Gasteiger partial charge in [-0.3, -0.25) is 4.79 Å². The van der Waals surface area contributed by atoms with E-state index in [1.165, 1.54) is 0 Å². The Hall–Kier alpha value is -2.30. The fourth-order valence-corrected chi connectivity index (χ4v) is 2.32. The second-order valence-corrected chi connectivity index (χ2v) is 4.13. The zero-order chi connectivity index (χ0) is 12.7. The summed E-state index contributed by atoms with van der Waals surface area (Å²) in [6, 6.07) is 5.81. The predicted octanol–water partition coefficient (Wildman–Crippen LogP) is 1.81. The Morgan fingerprint density at radius 3 is 3.00 bits per heavy atom. The van der Waals surface area contributed by atoms with Crippen molar-refractivity contribution in [2.75, 3.05) is 6.61 Å². The molecule has 0 radical (unpaired) electrons. The third kappa shape index (κ3) is 1.40. The number of aromatic nitrogens is 3. The van der Waals surface area contributed by atoms with E-state index < -0.39 is 0 Å². The minimum atomic E-state index is -0.177. The van der Waals surface area contributed by atoms with Crippen LogP contribution in [0.3, 0.4) is 0 Å². The van der Waals surface area contributed by atoms with Gasteiger partial charge in [-0.05, 0) is 25.1 Å². The van der Waals surface area contributed by atoms with Crippen molar-refractivity contribution in [1.29, 1.82) is 0 Å². The molecule has 5 nitrogen and oxygen atoms in total. The summed E-state index contributed by atoms with van der Waals surface area (Å²) in [6.07, 6.45) is 1.68. The van der Waals surface area contributed by atoms with Gasteiger partial charge in [0.2, 0.25) is 0 Å². The summed E-state index contributed by atoms with van der Waals surface area (Å²) in [4.78, 5) is 11.8. The van der Waals surface area contributed by atoms with E-state index in [1.807, 2.05) is 36.7 Å². The normalized spacial score (nSPS) is 11.2. The van der Waals surface area contributed by atoms with Crippen molar-refractivity contribution >= 4 is 21.8 Å². The summed E-state index contributed by atoms with van der Waals surface area (Å²) >= 11 is 0. The van der Waals surface area contributed by atoms with Crippen molar-refractivity contribution < 1.29 is 4.74 Å². The highest BCUT2D eigenvalue weighted by atomic mass is 16.5. The van der Waals surface area contributed by atoms with Gasteiger partial charge in [0.05, 0.1) is 12.8 Å². The van der Waals surface area contributed by atoms with Crippen LogP contribution < -0.4 is 10.3 Å². The molecule has 2 heterocycles. The monoisotopic (exact) mass is 243 g/mol. The number of aromatic amines is 1. The molecule has 0 aliphatic rings. The molecule has 18 heavy (non-hydrogen) atoms. The molecule has 3 rings (SSSR count). The van der Waals surface area contributed by atoms with Gasteiger partial charge in [-0.15, -0.1) is 0 Å². The molecule has 2 aromatic heterocycles. The minimum Gasteiger partial charge on any atom is -0.494 e. The quantitative estimate of drug-likeness (QED) is 0.746. The number of aryl methyl sites for hydroxylation is 1. The van der Waals surface area contributed by atoms with E-state index in [2.05, 4.69) is 10.2 Å². The lowest BCUT2D eigenvalue weighted by atomic mass is 10.2. The topological polar surface area (TPSA) is 59.9 Å². The first-order valence-corrected chi connectivity index (χ1v) is 5.81. The highest BCUT2D eigenvalue weighted by molar-refractivity contribution is 6.07. The van der Waals surface area contributed by atoms with Crippen molar-refractivity contribution in [3.8, 4) is 5.75 Å². The fraction of sp³-hybridized carbons (Fsp3) is 0.231. The molecule has 92 valence electrons. The van der Waals surface area contributed by atoms with Crippen LogP contribution in [-0.4, -0.2) is 21.4 Å². The summed E-state index contributed by atoms with van der Waals surface area (Å²) in [6.45, 7) is 2.56. The van der Waals surface area contributed by atoms with E-state index in [-0.39, 0.29) is 5.56 Å². The first-order chi connectivity index (χ1) is 8.72. The number of H-pyrrole nitrogens is 1. The van der Waals surface area contributed by atoms with Crippen molar-refractivity contribution in [1.82, 2.24) is 14.8 Å². The lowest BCUT2D eigenvalue weighted by molar-refractivity contribution is 0.341. The van der Waals surface area contributed by atoms with Gasteiger partial charge in [0.25, 0.3) is 5.56 Å². The molecule has 1 N–H and O–H groups in total. The lowest BCUT2D eigenvalue weighted by Gasteiger charge is -2.03. The number of rotatable bonds is 2. The molecule has 0 atom stereocenters. The van der Waals surface area contributed by atoms with Gasteiger partial charge in [0.1, 0.15) is 11.3 Å². The largest absolute Gasteiger partial charge is 0.494 e. The van der Waals surface area contributed by atoms with Gasteiger partial charge < -0.3 is 9.30 Å². The number of nitrogens with one attached hydrogen (secondary N) is 1. The predicted molar refractivity (Wildman–Crippen MR) is 70.0 cm³/mol. The fourth-order valence-electron chi connectivity index (χ4n) is 2.32. The SMILES string of the molecule is CCOc1ccc2c(c1)c1cn[nH]c(=O)c1n2C. The summed E-state index contributed by atoms with van der Waals surface area (Å²) in [7, 11) is 1.88. The Morgan fingerprint density at radius 2 is 2.22 bits per heavy atom.